The summed E-state index contributed by atoms with van der Waals surface area (Å²) in [6, 6.07) is 9.30. The van der Waals surface area contributed by atoms with Crippen LogP contribution in [0.4, 0.5) is 14.6 Å². The number of likely N-dealkylation sites (tertiary alicyclic amines) is 1. The van der Waals surface area contributed by atoms with Crippen LogP contribution in [0.3, 0.4) is 0 Å². The number of ether oxygens (including phenoxy) is 1. The fourth-order valence-corrected chi connectivity index (χ4v) is 5.46. The average molecular weight is 535 g/mol. The molecule has 39 heavy (non-hydrogen) atoms. The Labute approximate surface area is 223 Å². The van der Waals surface area contributed by atoms with Gasteiger partial charge in [-0.25, -0.2) is 28.2 Å². The molecular weight excluding hydrogens is 506 g/mol. The summed E-state index contributed by atoms with van der Waals surface area (Å²) >= 11 is 0. The largest absolute Gasteiger partial charge is 0.481 e. The number of anilines is 1. The molecule has 4 aromatic heterocycles. The van der Waals surface area contributed by atoms with E-state index in [1.165, 1.54) is 13.2 Å². The van der Waals surface area contributed by atoms with E-state index in [0.717, 1.165) is 47.5 Å². The van der Waals surface area contributed by atoms with Gasteiger partial charge in [-0.1, -0.05) is 6.07 Å². The van der Waals surface area contributed by atoms with Gasteiger partial charge in [-0.05, 0) is 56.9 Å². The number of hydrogen-bond donors (Lipinski definition) is 1. The van der Waals surface area contributed by atoms with Crippen LogP contribution in [0.5, 0.6) is 5.88 Å². The molecular formula is C27H28F2N8O2. The third-order valence-corrected chi connectivity index (χ3v) is 7.65. The number of halogens is 2. The maximum atomic E-state index is 13.4. The summed E-state index contributed by atoms with van der Waals surface area (Å²) in [7, 11) is 1.34. The molecule has 6 heterocycles. The smallest absolute Gasteiger partial charge is 0.297 e. The molecule has 0 saturated carbocycles. The van der Waals surface area contributed by atoms with Crippen LogP contribution in [0.1, 0.15) is 54.9 Å². The third kappa shape index (κ3) is 4.53. The van der Waals surface area contributed by atoms with E-state index in [9.17, 15) is 13.6 Å². The van der Waals surface area contributed by atoms with Gasteiger partial charge in [0, 0.05) is 30.9 Å². The van der Waals surface area contributed by atoms with Crippen LogP contribution in [-0.4, -0.2) is 66.1 Å². The van der Waals surface area contributed by atoms with Crippen molar-refractivity contribution in [2.45, 2.75) is 51.0 Å². The number of pyridine rings is 2. The molecule has 2 atom stereocenters. The standard InChI is InChI=1S/C27H28F2N8O2/c1-15(19-13-21(39-3)33-25(31-19)22(28)29)26(38)36-11-9-27(14-36)8-7-17-12-18(16(2)30-23(17)34-27)24-32-20-6-4-5-10-37(20)35-24/h4-6,10,12-13,15,22H,7-9,11,14H2,1-3H3,(H,30,34)/t15?,27-/m0/s1. The average Bonchev–Trinajstić information content (AvgIpc) is 3.56. The first-order valence-corrected chi connectivity index (χ1v) is 12.9. The number of hydrogen-bond acceptors (Lipinski definition) is 8. The molecule has 1 saturated heterocycles. The highest BCUT2D eigenvalue weighted by Gasteiger charge is 2.43. The quantitative estimate of drug-likeness (QED) is 0.410. The van der Waals surface area contributed by atoms with Crippen molar-refractivity contribution < 1.29 is 18.3 Å². The minimum Gasteiger partial charge on any atom is -0.481 e. The summed E-state index contributed by atoms with van der Waals surface area (Å²) in [5.41, 5.74) is 3.50. The highest BCUT2D eigenvalue weighted by molar-refractivity contribution is 5.83. The number of amides is 1. The summed E-state index contributed by atoms with van der Waals surface area (Å²) < 4.78 is 33.4. The molecule has 202 valence electrons. The lowest BCUT2D eigenvalue weighted by Gasteiger charge is -2.36. The van der Waals surface area contributed by atoms with Gasteiger partial charge in [0.1, 0.15) is 5.82 Å². The van der Waals surface area contributed by atoms with E-state index in [1.54, 1.807) is 16.3 Å². The first-order valence-electron chi connectivity index (χ1n) is 12.9. The molecule has 4 aromatic rings. The molecule has 0 aliphatic carbocycles. The lowest BCUT2D eigenvalue weighted by Crippen LogP contribution is -2.46. The van der Waals surface area contributed by atoms with Gasteiger partial charge in [0.25, 0.3) is 6.43 Å². The number of rotatable bonds is 5. The summed E-state index contributed by atoms with van der Waals surface area (Å²) in [5.74, 6) is -0.0673. The predicted octanol–water partition coefficient (Wildman–Crippen LogP) is 3.97. The lowest BCUT2D eigenvalue weighted by molar-refractivity contribution is -0.131. The molecule has 6 rings (SSSR count). The topological polar surface area (TPSA) is 110 Å². The van der Waals surface area contributed by atoms with Crippen LogP contribution in [0.2, 0.25) is 0 Å². The van der Waals surface area contributed by atoms with Gasteiger partial charge in [-0.15, -0.1) is 5.10 Å². The molecule has 1 unspecified atom stereocenters. The predicted molar refractivity (Wildman–Crippen MR) is 139 cm³/mol. The second-order valence-corrected chi connectivity index (χ2v) is 10.2. The molecule has 2 aliphatic heterocycles. The maximum Gasteiger partial charge on any atom is 0.297 e. The van der Waals surface area contributed by atoms with Crippen molar-refractivity contribution >= 4 is 17.4 Å². The second-order valence-electron chi connectivity index (χ2n) is 10.2. The van der Waals surface area contributed by atoms with Gasteiger partial charge < -0.3 is 15.0 Å². The van der Waals surface area contributed by atoms with Crippen LogP contribution < -0.4 is 10.1 Å². The van der Waals surface area contributed by atoms with Crippen molar-refractivity contribution in [3.05, 3.63) is 59.3 Å². The Balaban J connectivity index is 1.20. The Bertz CT molecular complexity index is 1540. The normalized spacial score (nSPS) is 19.4. The maximum absolute atomic E-state index is 13.4. The van der Waals surface area contributed by atoms with E-state index in [4.69, 9.17) is 9.72 Å². The zero-order valence-electron chi connectivity index (χ0n) is 21.9. The number of aryl methyl sites for hydroxylation is 2. The molecule has 0 aromatic carbocycles. The Morgan fingerprint density at radius 2 is 2.00 bits per heavy atom. The molecule has 1 spiro atoms. The number of alkyl halides is 2. The zero-order chi connectivity index (χ0) is 27.3. The van der Waals surface area contributed by atoms with Crippen molar-refractivity contribution in [1.29, 1.82) is 0 Å². The van der Waals surface area contributed by atoms with Gasteiger partial charge in [0.05, 0.1) is 30.0 Å². The highest BCUT2D eigenvalue weighted by atomic mass is 19.3. The summed E-state index contributed by atoms with van der Waals surface area (Å²) in [4.78, 5) is 32.3. The summed E-state index contributed by atoms with van der Waals surface area (Å²) in [6.07, 6.45) is 1.40. The van der Waals surface area contributed by atoms with Crippen LogP contribution in [0, 0.1) is 6.92 Å². The number of nitrogens with one attached hydrogen (secondary N) is 1. The fraction of sp³-hybridized carbons (Fsp3) is 0.407. The SMILES string of the molecule is COc1cc(C(C)C(=O)N2CC[C@@]3(CCc4cc(-c5nc6ccccn6n5)c(C)nc4N3)C2)nc(C(F)F)n1. The van der Waals surface area contributed by atoms with E-state index in [2.05, 4.69) is 31.4 Å². The van der Waals surface area contributed by atoms with Crippen molar-refractivity contribution in [3.63, 3.8) is 0 Å². The van der Waals surface area contributed by atoms with Crippen LogP contribution in [-0.2, 0) is 11.2 Å². The zero-order valence-corrected chi connectivity index (χ0v) is 21.9. The molecule has 1 fully saturated rings. The van der Waals surface area contributed by atoms with Crippen molar-refractivity contribution in [1.82, 2.24) is 34.4 Å². The Kier molecular flexibility index (Phi) is 6.12. The Morgan fingerprint density at radius 3 is 2.77 bits per heavy atom. The number of carbonyl (C=O) groups is 1. The molecule has 1 amide bonds. The fourth-order valence-electron chi connectivity index (χ4n) is 5.46. The van der Waals surface area contributed by atoms with Crippen LogP contribution >= 0.6 is 0 Å². The van der Waals surface area contributed by atoms with E-state index in [0.29, 0.717) is 18.9 Å². The number of fused-ring (bicyclic) bond motifs is 2. The minimum absolute atomic E-state index is 0.0121. The van der Waals surface area contributed by atoms with E-state index >= 15 is 0 Å². The van der Waals surface area contributed by atoms with Gasteiger partial charge in [-0.2, -0.15) is 4.98 Å². The van der Waals surface area contributed by atoms with E-state index in [-0.39, 0.29) is 23.0 Å². The van der Waals surface area contributed by atoms with Gasteiger partial charge in [-0.3, -0.25) is 4.79 Å². The van der Waals surface area contributed by atoms with Gasteiger partial charge in [0.15, 0.2) is 17.3 Å². The van der Waals surface area contributed by atoms with Crippen LogP contribution in [0.15, 0.2) is 36.5 Å². The second kappa shape index (κ2) is 9.51. The summed E-state index contributed by atoms with van der Waals surface area (Å²) in [5, 5.41) is 8.23. The van der Waals surface area contributed by atoms with Crippen molar-refractivity contribution in [2.75, 3.05) is 25.5 Å². The molecule has 1 N–H and O–H groups in total. The number of methoxy groups -OCH3 is 1. The van der Waals surface area contributed by atoms with Crippen molar-refractivity contribution in [2.24, 2.45) is 0 Å². The Hall–Kier alpha value is -4.22. The minimum atomic E-state index is -2.86. The number of nitrogens with zero attached hydrogens (tertiary/aromatic N) is 7. The first-order chi connectivity index (χ1) is 18.7. The molecule has 0 radical (unpaired) electrons. The lowest BCUT2D eigenvalue weighted by atomic mass is 9.86. The monoisotopic (exact) mass is 534 g/mol. The highest BCUT2D eigenvalue weighted by Crippen LogP contribution is 2.39. The molecule has 2 aliphatic rings. The number of carbonyl (C=O) groups excluding carboxylic acids is 1. The van der Waals surface area contributed by atoms with Gasteiger partial charge in [0.2, 0.25) is 11.8 Å². The first kappa shape index (κ1) is 25.1. The van der Waals surface area contributed by atoms with E-state index in [1.807, 2.05) is 31.3 Å². The molecule has 12 heteroatoms. The Morgan fingerprint density at radius 1 is 1.15 bits per heavy atom. The van der Waals surface area contributed by atoms with Crippen molar-refractivity contribution in [3.8, 4) is 17.3 Å². The summed E-state index contributed by atoms with van der Waals surface area (Å²) in [6.45, 7) is 4.67. The van der Waals surface area contributed by atoms with Crippen LogP contribution in [0.25, 0.3) is 17.0 Å². The molecule has 0 bridgehead atoms. The number of aromatic nitrogens is 6. The van der Waals surface area contributed by atoms with E-state index < -0.39 is 18.2 Å². The molecule has 10 nitrogen and oxygen atoms in total. The third-order valence-electron chi connectivity index (χ3n) is 7.65. The van der Waals surface area contributed by atoms with Gasteiger partial charge >= 0.3 is 0 Å².